The summed E-state index contributed by atoms with van der Waals surface area (Å²) in [7, 11) is 2.91. The molecule has 1 aromatic heterocycles. The Morgan fingerprint density at radius 3 is 2.61 bits per heavy atom. The van der Waals surface area contributed by atoms with E-state index in [0.717, 1.165) is 4.57 Å². The molecule has 0 aromatic carbocycles. The second-order valence-corrected chi connectivity index (χ2v) is 3.96. The Morgan fingerprint density at radius 1 is 1.50 bits per heavy atom. The molecule has 0 aliphatic carbocycles. The summed E-state index contributed by atoms with van der Waals surface area (Å²) in [6, 6.07) is 0. The van der Waals surface area contributed by atoms with E-state index in [0.29, 0.717) is 6.42 Å². The Balaban J connectivity index is 3.37. The molecular weight excluding hydrogens is 236 g/mol. The number of hydrogen-bond donors (Lipinski definition) is 0. The van der Waals surface area contributed by atoms with Crippen molar-refractivity contribution in [2.24, 2.45) is 14.1 Å². The number of nitrogens with zero attached hydrogens (tertiary/aromatic N) is 2. The van der Waals surface area contributed by atoms with Crippen molar-refractivity contribution in [3.8, 4) is 0 Å². The second-order valence-electron chi connectivity index (χ2n) is 3.96. The zero-order valence-corrected chi connectivity index (χ0v) is 10.7. The van der Waals surface area contributed by atoms with Gasteiger partial charge in [0, 0.05) is 33.6 Å². The van der Waals surface area contributed by atoms with Crippen LogP contribution in [0.15, 0.2) is 28.4 Å². The molecular formula is C12H16N2O4. The minimum absolute atomic E-state index is 0.259. The molecule has 1 heterocycles. The summed E-state index contributed by atoms with van der Waals surface area (Å²) in [6.07, 6.45) is 2.54. The van der Waals surface area contributed by atoms with Crippen LogP contribution in [0.4, 0.5) is 0 Å². The van der Waals surface area contributed by atoms with E-state index in [2.05, 4.69) is 6.58 Å². The van der Waals surface area contributed by atoms with Gasteiger partial charge in [-0.15, -0.1) is 6.58 Å². The SMILES string of the molecule is C=CC[C@@H](OC(C)=O)c1cn(C)c(=O)n(C)c1=O. The van der Waals surface area contributed by atoms with Crippen LogP contribution in [0.5, 0.6) is 0 Å². The minimum atomic E-state index is -0.717. The molecule has 0 saturated carbocycles. The lowest BCUT2D eigenvalue weighted by Gasteiger charge is -2.16. The van der Waals surface area contributed by atoms with Crippen LogP contribution in [0.2, 0.25) is 0 Å². The van der Waals surface area contributed by atoms with E-state index in [-0.39, 0.29) is 5.56 Å². The second kappa shape index (κ2) is 5.48. The van der Waals surface area contributed by atoms with Crippen molar-refractivity contribution in [3.63, 3.8) is 0 Å². The van der Waals surface area contributed by atoms with Gasteiger partial charge in [0.2, 0.25) is 0 Å². The molecule has 0 bridgehead atoms. The first-order chi connectivity index (χ1) is 8.38. The molecule has 1 atom stereocenters. The predicted octanol–water partition coefficient (Wildman–Crippen LogP) is 0.264. The molecule has 0 saturated heterocycles. The lowest BCUT2D eigenvalue weighted by Crippen LogP contribution is -2.39. The monoisotopic (exact) mass is 252 g/mol. The molecule has 0 aliphatic heterocycles. The van der Waals surface area contributed by atoms with Gasteiger partial charge in [0.1, 0.15) is 6.10 Å². The van der Waals surface area contributed by atoms with Gasteiger partial charge in [-0.3, -0.25) is 14.2 Å². The molecule has 18 heavy (non-hydrogen) atoms. The van der Waals surface area contributed by atoms with Crippen LogP contribution >= 0.6 is 0 Å². The van der Waals surface area contributed by atoms with Gasteiger partial charge in [-0.25, -0.2) is 4.79 Å². The van der Waals surface area contributed by atoms with Crippen molar-refractivity contribution >= 4 is 5.97 Å². The number of rotatable bonds is 4. The topological polar surface area (TPSA) is 70.3 Å². The van der Waals surface area contributed by atoms with Crippen LogP contribution in [0.1, 0.15) is 25.0 Å². The van der Waals surface area contributed by atoms with Gasteiger partial charge in [0.05, 0.1) is 5.56 Å². The Kier molecular flexibility index (Phi) is 4.25. The van der Waals surface area contributed by atoms with E-state index >= 15 is 0 Å². The van der Waals surface area contributed by atoms with E-state index < -0.39 is 23.3 Å². The summed E-state index contributed by atoms with van der Waals surface area (Å²) in [6.45, 7) is 4.82. The van der Waals surface area contributed by atoms with Crippen LogP contribution < -0.4 is 11.2 Å². The highest BCUT2D eigenvalue weighted by molar-refractivity contribution is 5.66. The number of hydrogen-bond acceptors (Lipinski definition) is 4. The quantitative estimate of drug-likeness (QED) is 0.569. The average molecular weight is 252 g/mol. The van der Waals surface area contributed by atoms with E-state index in [4.69, 9.17) is 4.74 Å². The fraction of sp³-hybridized carbons (Fsp3) is 0.417. The number of aryl methyl sites for hydroxylation is 1. The average Bonchev–Trinajstić information content (AvgIpc) is 2.30. The maximum atomic E-state index is 12.0. The Hall–Kier alpha value is -2.11. The predicted molar refractivity (Wildman–Crippen MR) is 66.2 cm³/mol. The molecule has 0 aliphatic rings. The highest BCUT2D eigenvalue weighted by atomic mass is 16.5. The van der Waals surface area contributed by atoms with Crippen molar-refractivity contribution in [2.75, 3.05) is 0 Å². The zero-order valence-electron chi connectivity index (χ0n) is 10.7. The standard InChI is InChI=1S/C12H16N2O4/c1-5-6-10(18-8(2)15)9-7-13(3)12(17)14(4)11(9)16/h5,7,10H,1,6H2,2-4H3/t10-/m1/s1. The lowest BCUT2D eigenvalue weighted by atomic mass is 10.1. The van der Waals surface area contributed by atoms with E-state index in [1.807, 2.05) is 0 Å². The van der Waals surface area contributed by atoms with Crippen molar-refractivity contribution in [1.82, 2.24) is 9.13 Å². The van der Waals surface area contributed by atoms with Gasteiger partial charge in [0.25, 0.3) is 5.56 Å². The Bertz CT molecular complexity index is 583. The van der Waals surface area contributed by atoms with Gasteiger partial charge in [-0.1, -0.05) is 6.08 Å². The van der Waals surface area contributed by atoms with Crippen molar-refractivity contribution < 1.29 is 9.53 Å². The number of carbonyl (C=O) groups is 1. The highest BCUT2D eigenvalue weighted by Crippen LogP contribution is 2.17. The third-order valence-corrected chi connectivity index (χ3v) is 2.51. The van der Waals surface area contributed by atoms with Gasteiger partial charge >= 0.3 is 11.7 Å². The molecule has 0 radical (unpaired) electrons. The van der Waals surface area contributed by atoms with Crippen molar-refractivity contribution in [3.05, 3.63) is 45.3 Å². The first kappa shape index (κ1) is 14.0. The molecule has 0 spiro atoms. The normalized spacial score (nSPS) is 11.9. The van der Waals surface area contributed by atoms with E-state index in [1.165, 1.54) is 31.8 Å². The molecule has 6 heteroatoms. The third kappa shape index (κ3) is 2.77. The Labute approximate surface area is 104 Å². The van der Waals surface area contributed by atoms with E-state index in [9.17, 15) is 14.4 Å². The molecule has 0 N–H and O–H groups in total. The minimum Gasteiger partial charge on any atom is -0.457 e. The van der Waals surface area contributed by atoms with Crippen LogP contribution in [-0.2, 0) is 23.6 Å². The summed E-state index contributed by atoms with van der Waals surface area (Å²) < 4.78 is 7.32. The fourth-order valence-corrected chi connectivity index (χ4v) is 1.65. The largest absolute Gasteiger partial charge is 0.457 e. The lowest BCUT2D eigenvalue weighted by molar-refractivity contribution is -0.146. The highest BCUT2D eigenvalue weighted by Gasteiger charge is 2.19. The summed E-state index contributed by atoms with van der Waals surface area (Å²) in [4.78, 5) is 34.5. The van der Waals surface area contributed by atoms with Crippen LogP contribution in [0.3, 0.4) is 0 Å². The summed E-state index contributed by atoms with van der Waals surface area (Å²) in [5.41, 5.74) is -0.634. The third-order valence-electron chi connectivity index (χ3n) is 2.51. The van der Waals surface area contributed by atoms with Crippen LogP contribution in [0.25, 0.3) is 0 Å². The molecule has 1 rings (SSSR count). The van der Waals surface area contributed by atoms with Gasteiger partial charge in [-0.2, -0.15) is 0 Å². The smallest absolute Gasteiger partial charge is 0.330 e. The first-order valence-electron chi connectivity index (χ1n) is 5.43. The molecule has 0 unspecified atom stereocenters. The van der Waals surface area contributed by atoms with Crippen LogP contribution in [-0.4, -0.2) is 15.1 Å². The first-order valence-corrected chi connectivity index (χ1v) is 5.43. The van der Waals surface area contributed by atoms with Crippen molar-refractivity contribution in [2.45, 2.75) is 19.4 Å². The zero-order chi connectivity index (χ0) is 13.9. The van der Waals surface area contributed by atoms with Crippen molar-refractivity contribution in [1.29, 1.82) is 0 Å². The summed E-state index contributed by atoms with van der Waals surface area (Å²) >= 11 is 0. The number of carbonyl (C=O) groups excluding carboxylic acids is 1. The maximum absolute atomic E-state index is 12.0. The van der Waals surface area contributed by atoms with E-state index in [1.54, 1.807) is 6.08 Å². The van der Waals surface area contributed by atoms with Gasteiger partial charge < -0.3 is 9.30 Å². The van der Waals surface area contributed by atoms with Crippen LogP contribution in [0, 0.1) is 0 Å². The molecule has 98 valence electrons. The Morgan fingerprint density at radius 2 is 2.11 bits per heavy atom. The molecule has 6 nitrogen and oxygen atoms in total. The fourth-order valence-electron chi connectivity index (χ4n) is 1.65. The van der Waals surface area contributed by atoms with Gasteiger partial charge in [0.15, 0.2) is 0 Å². The summed E-state index contributed by atoms with van der Waals surface area (Å²) in [5.74, 6) is -0.488. The maximum Gasteiger partial charge on any atom is 0.330 e. The number of esters is 1. The number of ether oxygens (including phenoxy) is 1. The molecule has 0 amide bonds. The van der Waals surface area contributed by atoms with Gasteiger partial charge in [-0.05, 0) is 0 Å². The molecule has 1 aromatic rings. The summed E-state index contributed by atoms with van der Waals surface area (Å²) in [5, 5.41) is 0. The number of aromatic nitrogens is 2. The molecule has 0 fully saturated rings.